The van der Waals surface area contributed by atoms with Crippen LogP contribution in [0.2, 0.25) is 0 Å². The van der Waals surface area contributed by atoms with Crippen LogP contribution in [-0.4, -0.2) is 15.9 Å². The van der Waals surface area contributed by atoms with Gasteiger partial charge in [0, 0.05) is 23.8 Å². The molecule has 6 heteroatoms. The van der Waals surface area contributed by atoms with E-state index < -0.39 is 0 Å². The molecule has 1 amide bonds. The van der Waals surface area contributed by atoms with Crippen LogP contribution in [0.15, 0.2) is 65.5 Å². The summed E-state index contributed by atoms with van der Waals surface area (Å²) in [7, 11) is 0. The second-order valence-corrected chi connectivity index (χ2v) is 5.00. The van der Waals surface area contributed by atoms with Crippen molar-refractivity contribution in [2.24, 2.45) is 0 Å². The number of benzene rings is 1. The molecule has 3 rings (SSSR count). The third kappa shape index (κ3) is 3.74. The highest BCUT2D eigenvalue weighted by atomic mass is 16.3. The Kier molecular flexibility index (Phi) is 4.33. The van der Waals surface area contributed by atoms with E-state index >= 15 is 0 Å². The van der Waals surface area contributed by atoms with Crippen molar-refractivity contribution in [2.75, 3.05) is 10.6 Å². The van der Waals surface area contributed by atoms with Gasteiger partial charge < -0.3 is 15.1 Å². The Bertz CT molecular complexity index is 755. The molecular weight excluding hydrogens is 292 g/mol. The molecule has 0 bridgehead atoms. The summed E-state index contributed by atoms with van der Waals surface area (Å²) in [5.74, 6) is 0.699. The molecule has 1 aromatic carbocycles. The first kappa shape index (κ1) is 14.8. The standard InChI is InChI=1S/C17H16N4O2/c1-12(15-4-2-11-23-15)16(22)20-13-5-7-14(8-6-13)21-17-18-9-3-10-19-17/h2-12H,1H3,(H,20,22)(H,18,19,21). The number of carbonyl (C=O) groups excluding carboxylic acids is 1. The van der Waals surface area contributed by atoms with Crippen LogP contribution in [0.5, 0.6) is 0 Å². The molecule has 2 aromatic heterocycles. The number of nitrogens with zero attached hydrogens (tertiary/aromatic N) is 2. The highest BCUT2D eigenvalue weighted by Crippen LogP contribution is 2.20. The van der Waals surface area contributed by atoms with Crippen molar-refractivity contribution in [3.8, 4) is 0 Å². The minimum absolute atomic E-state index is 0.118. The molecule has 0 aliphatic rings. The lowest BCUT2D eigenvalue weighted by Gasteiger charge is -2.11. The van der Waals surface area contributed by atoms with Crippen molar-refractivity contribution in [3.63, 3.8) is 0 Å². The Labute approximate surface area is 133 Å². The zero-order chi connectivity index (χ0) is 16.1. The molecule has 23 heavy (non-hydrogen) atoms. The molecule has 0 aliphatic heterocycles. The van der Waals surface area contributed by atoms with Crippen molar-refractivity contribution in [3.05, 3.63) is 66.9 Å². The molecule has 0 radical (unpaired) electrons. The lowest BCUT2D eigenvalue weighted by molar-refractivity contribution is -0.117. The SMILES string of the molecule is CC(C(=O)Nc1ccc(Nc2ncccn2)cc1)c1ccco1. The van der Waals surface area contributed by atoms with Gasteiger partial charge in [-0.3, -0.25) is 4.79 Å². The smallest absolute Gasteiger partial charge is 0.234 e. The lowest BCUT2D eigenvalue weighted by atomic mass is 10.1. The zero-order valence-corrected chi connectivity index (χ0v) is 12.6. The van der Waals surface area contributed by atoms with E-state index in [0.717, 1.165) is 5.69 Å². The van der Waals surface area contributed by atoms with E-state index in [4.69, 9.17) is 4.42 Å². The van der Waals surface area contributed by atoms with Gasteiger partial charge in [-0.1, -0.05) is 0 Å². The zero-order valence-electron chi connectivity index (χ0n) is 12.6. The molecule has 3 aromatic rings. The van der Waals surface area contributed by atoms with Gasteiger partial charge in [0.2, 0.25) is 11.9 Å². The number of rotatable bonds is 5. The summed E-state index contributed by atoms with van der Waals surface area (Å²) in [4.78, 5) is 20.4. The van der Waals surface area contributed by atoms with Crippen LogP contribution in [0, 0.1) is 0 Å². The Hall–Kier alpha value is -3.15. The highest BCUT2D eigenvalue weighted by molar-refractivity contribution is 5.95. The first-order chi connectivity index (χ1) is 11.2. The van der Waals surface area contributed by atoms with Gasteiger partial charge in [0.25, 0.3) is 0 Å². The topological polar surface area (TPSA) is 80.0 Å². The normalized spacial score (nSPS) is 11.7. The number of amides is 1. The van der Waals surface area contributed by atoms with Gasteiger partial charge in [-0.05, 0) is 49.4 Å². The maximum absolute atomic E-state index is 12.2. The van der Waals surface area contributed by atoms with Crippen LogP contribution in [0.3, 0.4) is 0 Å². The summed E-state index contributed by atoms with van der Waals surface area (Å²) in [5, 5.41) is 5.94. The average molecular weight is 308 g/mol. The summed E-state index contributed by atoms with van der Waals surface area (Å²) in [6, 6.07) is 12.6. The van der Waals surface area contributed by atoms with Gasteiger partial charge in [0.05, 0.1) is 12.2 Å². The predicted octanol–water partition coefficient (Wildman–Crippen LogP) is 3.56. The summed E-state index contributed by atoms with van der Waals surface area (Å²) in [6.07, 6.45) is 4.89. The molecule has 0 saturated heterocycles. The van der Waals surface area contributed by atoms with Crippen LogP contribution < -0.4 is 10.6 Å². The van der Waals surface area contributed by atoms with Gasteiger partial charge in [0.15, 0.2) is 0 Å². The molecule has 6 nitrogen and oxygen atoms in total. The van der Waals surface area contributed by atoms with Gasteiger partial charge in [-0.25, -0.2) is 9.97 Å². The van der Waals surface area contributed by atoms with Crippen LogP contribution in [0.4, 0.5) is 17.3 Å². The van der Waals surface area contributed by atoms with Gasteiger partial charge in [0.1, 0.15) is 5.76 Å². The second-order valence-electron chi connectivity index (χ2n) is 5.00. The van der Waals surface area contributed by atoms with Crippen molar-refractivity contribution in [1.29, 1.82) is 0 Å². The van der Waals surface area contributed by atoms with Crippen LogP contribution in [0.25, 0.3) is 0 Å². The molecule has 0 spiro atoms. The van der Waals surface area contributed by atoms with Crippen LogP contribution >= 0.6 is 0 Å². The number of nitrogens with one attached hydrogen (secondary N) is 2. The Morgan fingerprint density at radius 2 is 1.74 bits per heavy atom. The van der Waals surface area contributed by atoms with E-state index in [1.807, 2.05) is 24.3 Å². The molecule has 116 valence electrons. The second kappa shape index (κ2) is 6.74. The molecule has 2 heterocycles. The Morgan fingerprint density at radius 3 is 2.39 bits per heavy atom. The van der Waals surface area contributed by atoms with Crippen LogP contribution in [0.1, 0.15) is 18.6 Å². The quantitative estimate of drug-likeness (QED) is 0.753. The van der Waals surface area contributed by atoms with E-state index in [9.17, 15) is 4.79 Å². The average Bonchev–Trinajstić information content (AvgIpc) is 3.11. The summed E-state index contributed by atoms with van der Waals surface area (Å²) in [5.41, 5.74) is 1.56. The molecule has 0 fully saturated rings. The number of furan rings is 1. The maximum Gasteiger partial charge on any atom is 0.234 e. The summed E-state index contributed by atoms with van der Waals surface area (Å²) >= 11 is 0. The van der Waals surface area contributed by atoms with Gasteiger partial charge in [-0.15, -0.1) is 0 Å². The summed E-state index contributed by atoms with van der Waals surface area (Å²) in [6.45, 7) is 1.80. The van der Waals surface area contributed by atoms with E-state index in [-0.39, 0.29) is 11.8 Å². The Balaban J connectivity index is 1.62. The number of aromatic nitrogens is 2. The Morgan fingerprint density at radius 1 is 1.04 bits per heavy atom. The van der Waals surface area contributed by atoms with E-state index in [1.165, 1.54) is 0 Å². The minimum atomic E-state index is -0.347. The fourth-order valence-corrected chi connectivity index (χ4v) is 2.05. The molecular formula is C17H16N4O2. The van der Waals surface area contributed by atoms with E-state index in [2.05, 4.69) is 20.6 Å². The monoisotopic (exact) mass is 308 g/mol. The fraction of sp³-hybridized carbons (Fsp3) is 0.118. The van der Waals surface area contributed by atoms with Crippen molar-refractivity contribution < 1.29 is 9.21 Å². The van der Waals surface area contributed by atoms with E-state index in [0.29, 0.717) is 17.4 Å². The third-order valence-electron chi connectivity index (χ3n) is 3.34. The number of hydrogen-bond acceptors (Lipinski definition) is 5. The van der Waals surface area contributed by atoms with Crippen molar-refractivity contribution in [1.82, 2.24) is 9.97 Å². The minimum Gasteiger partial charge on any atom is -0.469 e. The molecule has 2 N–H and O–H groups in total. The molecule has 1 unspecified atom stereocenters. The fourth-order valence-electron chi connectivity index (χ4n) is 2.05. The van der Waals surface area contributed by atoms with Gasteiger partial charge >= 0.3 is 0 Å². The largest absolute Gasteiger partial charge is 0.469 e. The first-order valence-corrected chi connectivity index (χ1v) is 7.21. The maximum atomic E-state index is 12.2. The number of hydrogen-bond donors (Lipinski definition) is 2. The first-order valence-electron chi connectivity index (χ1n) is 7.21. The molecule has 1 atom stereocenters. The highest BCUT2D eigenvalue weighted by Gasteiger charge is 2.17. The molecule has 0 saturated carbocycles. The number of anilines is 3. The molecule has 0 aliphatic carbocycles. The lowest BCUT2D eigenvalue weighted by Crippen LogP contribution is -2.18. The number of carbonyl (C=O) groups is 1. The van der Waals surface area contributed by atoms with Crippen LogP contribution in [-0.2, 0) is 4.79 Å². The van der Waals surface area contributed by atoms with E-state index in [1.54, 1.807) is 43.8 Å². The van der Waals surface area contributed by atoms with Crippen molar-refractivity contribution >= 4 is 23.2 Å². The predicted molar refractivity (Wildman–Crippen MR) is 87.5 cm³/mol. The van der Waals surface area contributed by atoms with Crippen molar-refractivity contribution in [2.45, 2.75) is 12.8 Å². The van der Waals surface area contributed by atoms with Gasteiger partial charge in [-0.2, -0.15) is 0 Å². The third-order valence-corrected chi connectivity index (χ3v) is 3.34. The summed E-state index contributed by atoms with van der Waals surface area (Å²) < 4.78 is 5.25.